The van der Waals surface area contributed by atoms with Crippen molar-refractivity contribution in [1.29, 1.82) is 0 Å². The Labute approximate surface area is 160 Å². The molecule has 136 valence electrons. The Balaban J connectivity index is 1.45. The van der Waals surface area contributed by atoms with Crippen molar-refractivity contribution in [2.75, 3.05) is 16.8 Å². The number of hydrogen-bond donors (Lipinski definition) is 1. The van der Waals surface area contributed by atoms with Gasteiger partial charge < -0.3 is 10.2 Å². The molecule has 0 unspecified atom stereocenters. The van der Waals surface area contributed by atoms with Crippen LogP contribution in [0.1, 0.15) is 32.6 Å². The summed E-state index contributed by atoms with van der Waals surface area (Å²) in [5.41, 5.74) is 7.72. The van der Waals surface area contributed by atoms with Crippen molar-refractivity contribution in [3.05, 3.63) is 94.5 Å². The van der Waals surface area contributed by atoms with E-state index in [4.69, 9.17) is 0 Å². The van der Waals surface area contributed by atoms with Crippen molar-refractivity contribution in [2.24, 2.45) is 0 Å². The fraction of sp³-hybridized carbons (Fsp3) is 0.208. The summed E-state index contributed by atoms with van der Waals surface area (Å²) in [5, 5.41) is 3.02. The number of rotatable bonds is 4. The number of benzene rings is 3. The second kappa shape index (κ2) is 7.28. The molecule has 3 aromatic rings. The van der Waals surface area contributed by atoms with Gasteiger partial charge in [-0.25, -0.2) is 0 Å². The lowest BCUT2D eigenvalue weighted by atomic mass is 10.1. The molecule has 0 fully saturated rings. The van der Waals surface area contributed by atoms with Crippen LogP contribution in [0.4, 0.5) is 11.4 Å². The molecule has 27 heavy (non-hydrogen) atoms. The average molecular weight is 356 g/mol. The second-order valence-corrected chi connectivity index (χ2v) is 7.27. The summed E-state index contributed by atoms with van der Waals surface area (Å²) in [6.07, 6.45) is 1.10. The van der Waals surface area contributed by atoms with E-state index in [9.17, 15) is 4.79 Å². The Morgan fingerprint density at radius 2 is 1.78 bits per heavy atom. The van der Waals surface area contributed by atoms with Gasteiger partial charge in [0.15, 0.2) is 0 Å². The zero-order chi connectivity index (χ0) is 18.8. The van der Waals surface area contributed by atoms with Crippen molar-refractivity contribution < 1.29 is 4.79 Å². The molecule has 1 aliphatic rings. The fourth-order valence-corrected chi connectivity index (χ4v) is 3.62. The molecule has 0 atom stereocenters. The van der Waals surface area contributed by atoms with Crippen molar-refractivity contribution >= 4 is 17.3 Å². The highest BCUT2D eigenvalue weighted by atomic mass is 16.1. The number of carbonyl (C=O) groups is 1. The van der Waals surface area contributed by atoms with Crippen molar-refractivity contribution in [2.45, 2.75) is 26.8 Å². The minimum absolute atomic E-state index is 0.0678. The monoisotopic (exact) mass is 356 g/mol. The van der Waals surface area contributed by atoms with Crippen LogP contribution >= 0.6 is 0 Å². The van der Waals surface area contributed by atoms with Gasteiger partial charge in [0.25, 0.3) is 5.91 Å². The van der Waals surface area contributed by atoms with E-state index in [1.807, 2.05) is 38.1 Å². The first-order valence-electron chi connectivity index (χ1n) is 9.40. The van der Waals surface area contributed by atoms with E-state index in [-0.39, 0.29) is 5.91 Å². The van der Waals surface area contributed by atoms with Crippen molar-refractivity contribution in [1.82, 2.24) is 0 Å². The quantitative estimate of drug-likeness (QED) is 0.704. The summed E-state index contributed by atoms with van der Waals surface area (Å²) >= 11 is 0. The molecule has 0 aromatic heterocycles. The van der Waals surface area contributed by atoms with Gasteiger partial charge in [-0.3, -0.25) is 4.79 Å². The standard InChI is InChI=1S/C24H24N2O/c1-17-7-8-18(2)22(15-17)25-24(27)21-11-9-19(10-12-21)16-26-14-13-20-5-3-4-6-23(20)26/h3-12,15H,13-14,16H2,1-2H3,(H,25,27). The van der Waals surface area contributed by atoms with Crippen LogP contribution in [0.5, 0.6) is 0 Å². The van der Waals surface area contributed by atoms with Crippen molar-refractivity contribution in [3.63, 3.8) is 0 Å². The first-order chi connectivity index (χ1) is 13.1. The van der Waals surface area contributed by atoms with Gasteiger partial charge in [0.1, 0.15) is 0 Å². The van der Waals surface area contributed by atoms with Crippen LogP contribution in [0.15, 0.2) is 66.7 Å². The molecule has 1 amide bonds. The van der Waals surface area contributed by atoms with E-state index in [1.165, 1.54) is 16.8 Å². The van der Waals surface area contributed by atoms with Gasteiger partial charge in [0.05, 0.1) is 0 Å². The smallest absolute Gasteiger partial charge is 0.255 e. The molecule has 1 heterocycles. The maximum absolute atomic E-state index is 12.6. The molecule has 0 saturated heterocycles. The third kappa shape index (κ3) is 3.72. The Bertz CT molecular complexity index is 976. The van der Waals surface area contributed by atoms with Crippen LogP contribution < -0.4 is 10.2 Å². The Kier molecular flexibility index (Phi) is 4.68. The number of para-hydroxylation sites is 1. The highest BCUT2D eigenvalue weighted by Gasteiger charge is 2.18. The highest BCUT2D eigenvalue weighted by molar-refractivity contribution is 6.04. The lowest BCUT2D eigenvalue weighted by molar-refractivity contribution is 0.102. The zero-order valence-corrected chi connectivity index (χ0v) is 15.8. The van der Waals surface area contributed by atoms with Gasteiger partial charge in [-0.15, -0.1) is 0 Å². The summed E-state index contributed by atoms with van der Waals surface area (Å²) in [6.45, 7) is 5.95. The molecule has 3 heteroatoms. The largest absolute Gasteiger partial charge is 0.367 e. The number of hydrogen-bond acceptors (Lipinski definition) is 2. The Hall–Kier alpha value is -3.07. The van der Waals surface area contributed by atoms with E-state index < -0.39 is 0 Å². The van der Waals surface area contributed by atoms with Crippen LogP contribution in [0.25, 0.3) is 0 Å². The SMILES string of the molecule is Cc1ccc(C)c(NC(=O)c2ccc(CN3CCc4ccccc43)cc2)c1. The molecule has 3 nitrogen and oxygen atoms in total. The summed E-state index contributed by atoms with van der Waals surface area (Å²) in [6, 6.07) is 22.6. The minimum atomic E-state index is -0.0678. The first kappa shape index (κ1) is 17.3. The molecule has 0 radical (unpaired) electrons. The molecule has 0 bridgehead atoms. The van der Waals surface area contributed by atoms with Crippen LogP contribution in [-0.4, -0.2) is 12.5 Å². The van der Waals surface area contributed by atoms with Crippen molar-refractivity contribution in [3.8, 4) is 0 Å². The van der Waals surface area contributed by atoms with Gasteiger partial charge >= 0.3 is 0 Å². The van der Waals surface area contributed by atoms with E-state index in [0.717, 1.165) is 36.3 Å². The zero-order valence-electron chi connectivity index (χ0n) is 15.8. The predicted molar refractivity (Wildman–Crippen MR) is 112 cm³/mol. The van der Waals surface area contributed by atoms with Crippen LogP contribution in [-0.2, 0) is 13.0 Å². The number of amides is 1. The molecule has 0 saturated carbocycles. The number of fused-ring (bicyclic) bond motifs is 1. The summed E-state index contributed by atoms with van der Waals surface area (Å²) in [4.78, 5) is 15.0. The average Bonchev–Trinajstić information content (AvgIpc) is 3.08. The lowest BCUT2D eigenvalue weighted by Gasteiger charge is -2.19. The third-order valence-corrected chi connectivity index (χ3v) is 5.21. The highest BCUT2D eigenvalue weighted by Crippen LogP contribution is 2.28. The Morgan fingerprint density at radius 3 is 2.59 bits per heavy atom. The van der Waals surface area contributed by atoms with Crippen LogP contribution in [0, 0.1) is 13.8 Å². The fourth-order valence-electron chi connectivity index (χ4n) is 3.62. The van der Waals surface area contributed by atoms with Crippen LogP contribution in [0.3, 0.4) is 0 Å². The maximum atomic E-state index is 12.6. The second-order valence-electron chi connectivity index (χ2n) is 7.27. The van der Waals surface area contributed by atoms with E-state index in [0.29, 0.717) is 5.56 Å². The number of nitrogens with one attached hydrogen (secondary N) is 1. The Morgan fingerprint density at radius 1 is 1.00 bits per heavy atom. The molecule has 1 aliphatic heterocycles. The van der Waals surface area contributed by atoms with Gasteiger partial charge in [-0.05, 0) is 66.8 Å². The normalized spacial score (nSPS) is 12.7. The topological polar surface area (TPSA) is 32.3 Å². The molecule has 3 aromatic carbocycles. The number of nitrogens with zero attached hydrogens (tertiary/aromatic N) is 1. The van der Waals surface area contributed by atoms with Gasteiger partial charge in [-0.2, -0.15) is 0 Å². The summed E-state index contributed by atoms with van der Waals surface area (Å²) in [5.74, 6) is -0.0678. The summed E-state index contributed by atoms with van der Waals surface area (Å²) in [7, 11) is 0. The van der Waals surface area contributed by atoms with Gasteiger partial charge in [-0.1, -0.05) is 42.5 Å². The predicted octanol–water partition coefficient (Wildman–Crippen LogP) is 5.12. The molecular weight excluding hydrogens is 332 g/mol. The molecule has 1 N–H and O–H groups in total. The van der Waals surface area contributed by atoms with Crippen LogP contribution in [0.2, 0.25) is 0 Å². The lowest BCUT2D eigenvalue weighted by Crippen LogP contribution is -2.19. The number of aryl methyl sites for hydroxylation is 2. The number of carbonyl (C=O) groups excluding carboxylic acids is 1. The molecule has 0 aliphatic carbocycles. The van der Waals surface area contributed by atoms with E-state index in [2.05, 4.69) is 52.7 Å². The third-order valence-electron chi connectivity index (χ3n) is 5.21. The molecular formula is C24H24N2O. The maximum Gasteiger partial charge on any atom is 0.255 e. The minimum Gasteiger partial charge on any atom is -0.367 e. The molecule has 0 spiro atoms. The van der Waals surface area contributed by atoms with E-state index in [1.54, 1.807) is 0 Å². The summed E-state index contributed by atoms with van der Waals surface area (Å²) < 4.78 is 0. The molecule has 4 rings (SSSR count). The van der Waals surface area contributed by atoms with Gasteiger partial charge in [0.2, 0.25) is 0 Å². The van der Waals surface area contributed by atoms with E-state index >= 15 is 0 Å². The van der Waals surface area contributed by atoms with Gasteiger partial charge in [0, 0.05) is 30.0 Å². The number of anilines is 2. The first-order valence-corrected chi connectivity index (χ1v) is 9.40.